The summed E-state index contributed by atoms with van der Waals surface area (Å²) in [5, 5.41) is 11.7. The van der Waals surface area contributed by atoms with Crippen LogP contribution in [0.5, 0.6) is 0 Å². The summed E-state index contributed by atoms with van der Waals surface area (Å²) in [5.41, 5.74) is 4.79. The third kappa shape index (κ3) is 3.07. The number of hydrogen-bond acceptors (Lipinski definition) is 3. The molecule has 1 aromatic carbocycles. The number of aliphatic carboxylic acids is 1. The third-order valence-electron chi connectivity index (χ3n) is 3.67. The molecule has 0 radical (unpaired) electrons. The minimum Gasteiger partial charge on any atom is -0.481 e. The van der Waals surface area contributed by atoms with Crippen molar-refractivity contribution in [1.29, 1.82) is 0 Å². The predicted octanol–water partition coefficient (Wildman–Crippen LogP) is 1.93. The van der Waals surface area contributed by atoms with E-state index in [-0.39, 0.29) is 17.7 Å². The number of benzene rings is 1. The molecule has 1 aliphatic carbocycles. The van der Waals surface area contributed by atoms with Gasteiger partial charge in [-0.25, -0.2) is 4.39 Å². The number of carbonyl (C=O) groups excluding carboxylic acids is 1. The molecule has 5 nitrogen and oxygen atoms in total. The van der Waals surface area contributed by atoms with E-state index in [4.69, 9.17) is 10.8 Å². The normalized spacial score (nSPS) is 16.9. The Kier molecular flexibility index (Phi) is 3.92. The van der Waals surface area contributed by atoms with E-state index in [2.05, 4.69) is 5.32 Å². The van der Waals surface area contributed by atoms with Crippen molar-refractivity contribution in [3.05, 3.63) is 29.6 Å². The van der Waals surface area contributed by atoms with Gasteiger partial charge in [0.1, 0.15) is 5.82 Å². The lowest BCUT2D eigenvalue weighted by molar-refractivity contribution is -0.138. The largest absolute Gasteiger partial charge is 0.481 e. The number of amides is 1. The number of nitrogens with one attached hydrogen (secondary N) is 1. The van der Waals surface area contributed by atoms with E-state index in [1.54, 1.807) is 0 Å². The first-order valence-corrected chi connectivity index (χ1v) is 6.51. The molecule has 6 heteroatoms. The van der Waals surface area contributed by atoms with Crippen LogP contribution in [-0.4, -0.2) is 22.5 Å². The Balaban J connectivity index is 2.18. The summed E-state index contributed by atoms with van der Waals surface area (Å²) >= 11 is 0. The second-order valence-corrected chi connectivity index (χ2v) is 5.25. The summed E-state index contributed by atoms with van der Waals surface area (Å²) in [7, 11) is 0. The minimum absolute atomic E-state index is 0.115. The molecule has 20 heavy (non-hydrogen) atoms. The highest BCUT2D eigenvalue weighted by molar-refractivity contribution is 5.95. The lowest BCUT2D eigenvalue weighted by Gasteiger charge is -2.28. The summed E-state index contributed by atoms with van der Waals surface area (Å²) < 4.78 is 13.7. The van der Waals surface area contributed by atoms with Gasteiger partial charge < -0.3 is 16.2 Å². The fourth-order valence-electron chi connectivity index (χ4n) is 2.71. The number of nitrogens with two attached hydrogens (primary N) is 1. The molecule has 1 amide bonds. The number of rotatable bonds is 4. The van der Waals surface area contributed by atoms with Crippen LogP contribution < -0.4 is 11.1 Å². The van der Waals surface area contributed by atoms with Crippen molar-refractivity contribution < 1.29 is 19.1 Å². The fraction of sp³-hybridized carbons (Fsp3) is 0.429. The van der Waals surface area contributed by atoms with Gasteiger partial charge in [-0.05, 0) is 31.0 Å². The van der Waals surface area contributed by atoms with E-state index in [1.165, 1.54) is 12.1 Å². The molecule has 0 heterocycles. The summed E-state index contributed by atoms with van der Waals surface area (Å²) in [4.78, 5) is 23.1. The van der Waals surface area contributed by atoms with Crippen molar-refractivity contribution in [3.8, 4) is 0 Å². The van der Waals surface area contributed by atoms with Crippen molar-refractivity contribution in [2.75, 3.05) is 5.73 Å². The second-order valence-electron chi connectivity index (χ2n) is 5.25. The highest BCUT2D eigenvalue weighted by Crippen LogP contribution is 2.33. The molecule has 0 unspecified atom stereocenters. The summed E-state index contributed by atoms with van der Waals surface area (Å²) in [6.45, 7) is 0. The van der Waals surface area contributed by atoms with Crippen molar-refractivity contribution in [3.63, 3.8) is 0 Å². The molecule has 0 aliphatic heterocycles. The van der Waals surface area contributed by atoms with Gasteiger partial charge in [-0.3, -0.25) is 9.59 Å². The van der Waals surface area contributed by atoms with E-state index in [9.17, 15) is 14.0 Å². The Morgan fingerprint density at radius 3 is 2.55 bits per heavy atom. The highest BCUT2D eigenvalue weighted by atomic mass is 19.1. The lowest BCUT2D eigenvalue weighted by atomic mass is 9.92. The van der Waals surface area contributed by atoms with Crippen LogP contribution in [0.4, 0.5) is 10.1 Å². The zero-order chi connectivity index (χ0) is 14.8. The molecule has 1 aromatic rings. The van der Waals surface area contributed by atoms with E-state index in [0.717, 1.165) is 18.9 Å². The smallest absolute Gasteiger partial charge is 0.305 e. The maximum absolute atomic E-state index is 13.7. The Bertz CT molecular complexity index is 539. The monoisotopic (exact) mass is 280 g/mol. The molecule has 1 aliphatic rings. The van der Waals surface area contributed by atoms with Gasteiger partial charge in [0.15, 0.2) is 0 Å². The maximum Gasteiger partial charge on any atom is 0.305 e. The Labute approximate surface area is 116 Å². The SMILES string of the molecule is Nc1ccc(C(=O)NC2(CC(=O)O)CCCC2)c(F)c1. The summed E-state index contributed by atoms with van der Waals surface area (Å²) in [6.07, 6.45) is 2.77. The molecule has 2 rings (SSSR count). The number of anilines is 1. The fourth-order valence-corrected chi connectivity index (χ4v) is 2.71. The van der Waals surface area contributed by atoms with Gasteiger partial charge >= 0.3 is 5.97 Å². The lowest BCUT2D eigenvalue weighted by Crippen LogP contribution is -2.48. The van der Waals surface area contributed by atoms with Gasteiger partial charge in [0.05, 0.1) is 17.5 Å². The molecule has 0 atom stereocenters. The molecule has 108 valence electrons. The van der Waals surface area contributed by atoms with Gasteiger partial charge in [0.25, 0.3) is 5.91 Å². The zero-order valence-corrected chi connectivity index (χ0v) is 11.0. The maximum atomic E-state index is 13.7. The van der Waals surface area contributed by atoms with Crippen molar-refractivity contribution in [2.45, 2.75) is 37.6 Å². The van der Waals surface area contributed by atoms with Crippen molar-refractivity contribution >= 4 is 17.6 Å². The van der Waals surface area contributed by atoms with Crippen LogP contribution in [0.15, 0.2) is 18.2 Å². The molecule has 4 N–H and O–H groups in total. The molecule has 0 saturated heterocycles. The Morgan fingerprint density at radius 2 is 2.00 bits per heavy atom. The predicted molar refractivity (Wildman–Crippen MR) is 71.7 cm³/mol. The first-order chi connectivity index (χ1) is 9.42. The van der Waals surface area contributed by atoms with Crippen molar-refractivity contribution in [1.82, 2.24) is 5.32 Å². The number of halogens is 1. The first kappa shape index (κ1) is 14.3. The van der Waals surface area contributed by atoms with E-state index >= 15 is 0 Å². The van der Waals surface area contributed by atoms with Crippen LogP contribution in [0.2, 0.25) is 0 Å². The number of carbonyl (C=O) groups is 2. The van der Waals surface area contributed by atoms with Gasteiger partial charge in [0.2, 0.25) is 0 Å². The third-order valence-corrected chi connectivity index (χ3v) is 3.67. The van der Waals surface area contributed by atoms with E-state index in [0.29, 0.717) is 12.8 Å². The minimum atomic E-state index is -0.968. The summed E-state index contributed by atoms with van der Waals surface area (Å²) in [5.74, 6) is -2.26. The quantitative estimate of drug-likeness (QED) is 0.735. The van der Waals surface area contributed by atoms with E-state index < -0.39 is 23.2 Å². The Hall–Kier alpha value is -2.11. The average molecular weight is 280 g/mol. The van der Waals surface area contributed by atoms with Crippen molar-refractivity contribution in [2.24, 2.45) is 0 Å². The van der Waals surface area contributed by atoms with Gasteiger partial charge in [-0.1, -0.05) is 12.8 Å². The van der Waals surface area contributed by atoms with Crippen LogP contribution >= 0.6 is 0 Å². The molecular weight excluding hydrogens is 263 g/mol. The number of hydrogen-bond donors (Lipinski definition) is 3. The molecule has 0 aromatic heterocycles. The molecular formula is C14H17FN2O3. The van der Waals surface area contributed by atoms with Crippen LogP contribution in [-0.2, 0) is 4.79 Å². The van der Waals surface area contributed by atoms with Crippen LogP contribution in [0.25, 0.3) is 0 Å². The van der Waals surface area contributed by atoms with Crippen LogP contribution in [0.3, 0.4) is 0 Å². The Morgan fingerprint density at radius 1 is 1.35 bits per heavy atom. The molecule has 0 bridgehead atoms. The van der Waals surface area contributed by atoms with Gasteiger partial charge in [0, 0.05) is 5.69 Å². The van der Waals surface area contributed by atoms with E-state index in [1.807, 2.05) is 0 Å². The molecule has 0 spiro atoms. The van der Waals surface area contributed by atoms with Gasteiger partial charge in [-0.2, -0.15) is 0 Å². The first-order valence-electron chi connectivity index (χ1n) is 6.51. The zero-order valence-electron chi connectivity index (χ0n) is 11.0. The number of carboxylic acid groups (broad SMARTS) is 1. The molecule has 1 saturated carbocycles. The number of carboxylic acids is 1. The summed E-state index contributed by atoms with van der Waals surface area (Å²) in [6, 6.07) is 3.83. The van der Waals surface area contributed by atoms with Crippen LogP contribution in [0, 0.1) is 5.82 Å². The highest BCUT2D eigenvalue weighted by Gasteiger charge is 2.37. The second kappa shape index (κ2) is 5.48. The van der Waals surface area contributed by atoms with Crippen LogP contribution in [0.1, 0.15) is 42.5 Å². The topological polar surface area (TPSA) is 92.4 Å². The number of nitrogen functional groups attached to an aromatic ring is 1. The molecule has 1 fully saturated rings. The van der Waals surface area contributed by atoms with Gasteiger partial charge in [-0.15, -0.1) is 0 Å². The standard InChI is InChI=1S/C14H17FN2O3/c15-11-7-9(16)3-4-10(11)13(20)17-14(8-12(18)19)5-1-2-6-14/h3-4,7H,1-2,5-6,8,16H2,(H,17,20)(H,18,19). The average Bonchev–Trinajstić information content (AvgIpc) is 2.75.